The molecule has 0 saturated heterocycles. The summed E-state index contributed by atoms with van der Waals surface area (Å²) in [7, 11) is 0. The van der Waals surface area contributed by atoms with Crippen molar-refractivity contribution in [2.75, 3.05) is 0 Å². The maximum atomic E-state index is 8.96. The van der Waals surface area contributed by atoms with Gasteiger partial charge in [0.15, 0.2) is 0 Å². The summed E-state index contributed by atoms with van der Waals surface area (Å²) in [6.07, 6.45) is 0. The molecule has 0 aliphatic rings. The predicted octanol–water partition coefficient (Wildman–Crippen LogP) is 3.64. The lowest BCUT2D eigenvalue weighted by molar-refractivity contribution is 0.282. The van der Waals surface area contributed by atoms with Gasteiger partial charge in [-0.1, -0.05) is 41.4 Å². The van der Waals surface area contributed by atoms with E-state index in [-0.39, 0.29) is 6.61 Å². The third kappa shape index (κ3) is 1.59. The Hall–Kier alpha value is -0.760. The minimum atomic E-state index is 0.0379. The Morgan fingerprint density at radius 2 is 1.86 bits per heavy atom. The molecule has 0 fully saturated rings. The third-order valence-electron chi connectivity index (χ3n) is 2.15. The average Bonchev–Trinajstić information content (AvgIpc) is 2.23. The second kappa shape index (κ2) is 3.77. The Balaban J connectivity index is 2.74. The molecular weight excluding hydrogens is 219 g/mol. The van der Waals surface area contributed by atoms with Crippen molar-refractivity contribution in [1.29, 1.82) is 0 Å². The summed E-state index contributed by atoms with van der Waals surface area (Å²) in [6.45, 7) is 0.0379. The topological polar surface area (TPSA) is 20.2 Å². The van der Waals surface area contributed by atoms with Crippen LogP contribution in [-0.2, 0) is 6.61 Å². The lowest BCUT2D eigenvalue weighted by atomic mass is 10.1. The molecule has 72 valence electrons. The molecule has 0 atom stereocenters. The number of aliphatic hydroxyl groups is 1. The molecule has 3 heteroatoms. The van der Waals surface area contributed by atoms with Gasteiger partial charge >= 0.3 is 0 Å². The van der Waals surface area contributed by atoms with Crippen LogP contribution in [0.15, 0.2) is 30.3 Å². The minimum absolute atomic E-state index is 0.0379. The summed E-state index contributed by atoms with van der Waals surface area (Å²) < 4.78 is 0. The largest absolute Gasteiger partial charge is 0.392 e. The molecule has 0 aliphatic carbocycles. The van der Waals surface area contributed by atoms with Crippen molar-refractivity contribution in [3.8, 4) is 0 Å². The summed E-state index contributed by atoms with van der Waals surface area (Å²) in [5.74, 6) is 0. The van der Waals surface area contributed by atoms with Crippen LogP contribution in [0.3, 0.4) is 0 Å². The van der Waals surface area contributed by atoms with Gasteiger partial charge in [0.25, 0.3) is 0 Å². The number of aliphatic hydroxyl groups excluding tert-OH is 1. The molecule has 0 radical (unpaired) electrons. The fraction of sp³-hybridized carbons (Fsp3) is 0.0909. The lowest BCUT2D eigenvalue weighted by Gasteiger charge is -2.04. The molecule has 0 heterocycles. The van der Waals surface area contributed by atoms with Crippen LogP contribution in [0.25, 0.3) is 10.8 Å². The van der Waals surface area contributed by atoms with E-state index in [9.17, 15) is 0 Å². The first-order valence-electron chi connectivity index (χ1n) is 4.20. The molecule has 1 nitrogen and oxygen atoms in total. The Labute approximate surface area is 91.9 Å². The molecule has 0 amide bonds. The zero-order chi connectivity index (χ0) is 10.1. The van der Waals surface area contributed by atoms with E-state index in [0.29, 0.717) is 10.0 Å². The maximum Gasteiger partial charge on any atom is 0.0682 e. The molecule has 0 bridgehead atoms. The Bertz CT molecular complexity index is 480. The van der Waals surface area contributed by atoms with E-state index in [1.54, 1.807) is 6.07 Å². The van der Waals surface area contributed by atoms with E-state index in [2.05, 4.69) is 0 Å². The van der Waals surface area contributed by atoms with Crippen molar-refractivity contribution in [1.82, 2.24) is 0 Å². The Morgan fingerprint density at radius 3 is 2.57 bits per heavy atom. The van der Waals surface area contributed by atoms with E-state index in [0.717, 1.165) is 16.3 Å². The number of fused-ring (bicyclic) bond motifs is 1. The van der Waals surface area contributed by atoms with Crippen LogP contribution in [0.5, 0.6) is 0 Å². The molecule has 0 saturated carbocycles. The quantitative estimate of drug-likeness (QED) is 0.788. The van der Waals surface area contributed by atoms with Gasteiger partial charge in [-0.05, 0) is 23.1 Å². The van der Waals surface area contributed by atoms with Gasteiger partial charge in [0.05, 0.1) is 16.7 Å². The van der Waals surface area contributed by atoms with Crippen molar-refractivity contribution in [2.45, 2.75) is 6.61 Å². The zero-order valence-corrected chi connectivity index (χ0v) is 8.81. The number of hydrogen-bond donors (Lipinski definition) is 1. The predicted molar refractivity (Wildman–Crippen MR) is 59.9 cm³/mol. The van der Waals surface area contributed by atoms with Crippen LogP contribution < -0.4 is 0 Å². The van der Waals surface area contributed by atoms with E-state index < -0.39 is 0 Å². The van der Waals surface area contributed by atoms with Gasteiger partial charge in [-0.15, -0.1) is 0 Å². The second-order valence-electron chi connectivity index (χ2n) is 3.07. The van der Waals surface area contributed by atoms with Crippen LogP contribution in [0, 0.1) is 0 Å². The van der Waals surface area contributed by atoms with Gasteiger partial charge < -0.3 is 5.11 Å². The summed E-state index contributed by atoms with van der Waals surface area (Å²) in [6, 6.07) is 9.26. The second-order valence-corrected chi connectivity index (χ2v) is 3.86. The SMILES string of the molecule is OCc1ccc2c(Cl)c(Cl)ccc2c1. The van der Waals surface area contributed by atoms with Crippen molar-refractivity contribution in [2.24, 2.45) is 0 Å². The van der Waals surface area contributed by atoms with Gasteiger partial charge in [-0.2, -0.15) is 0 Å². The van der Waals surface area contributed by atoms with Crippen LogP contribution >= 0.6 is 23.2 Å². The van der Waals surface area contributed by atoms with Crippen LogP contribution in [-0.4, -0.2) is 5.11 Å². The smallest absolute Gasteiger partial charge is 0.0682 e. The molecule has 2 aromatic rings. The molecule has 2 aromatic carbocycles. The van der Waals surface area contributed by atoms with E-state index >= 15 is 0 Å². The Morgan fingerprint density at radius 1 is 1.07 bits per heavy atom. The highest BCUT2D eigenvalue weighted by Gasteiger charge is 2.03. The van der Waals surface area contributed by atoms with E-state index in [1.807, 2.05) is 24.3 Å². The number of hydrogen-bond acceptors (Lipinski definition) is 1. The fourth-order valence-corrected chi connectivity index (χ4v) is 1.81. The first-order valence-corrected chi connectivity index (χ1v) is 4.95. The van der Waals surface area contributed by atoms with Gasteiger partial charge in [-0.25, -0.2) is 0 Å². The zero-order valence-electron chi connectivity index (χ0n) is 7.30. The minimum Gasteiger partial charge on any atom is -0.392 e. The van der Waals surface area contributed by atoms with Crippen molar-refractivity contribution in [3.63, 3.8) is 0 Å². The molecular formula is C11H8Cl2O. The first kappa shape index (κ1) is 9.78. The Kier molecular flexibility index (Phi) is 2.64. The standard InChI is InChI=1S/C11H8Cl2O/c12-10-4-2-8-5-7(6-14)1-3-9(8)11(10)13/h1-5,14H,6H2. The molecule has 0 aromatic heterocycles. The third-order valence-corrected chi connectivity index (χ3v) is 2.97. The molecule has 2 rings (SSSR count). The highest BCUT2D eigenvalue weighted by atomic mass is 35.5. The number of halogens is 2. The summed E-state index contributed by atoms with van der Waals surface area (Å²) >= 11 is 11.9. The molecule has 0 unspecified atom stereocenters. The first-order chi connectivity index (χ1) is 6.72. The maximum absolute atomic E-state index is 8.96. The molecule has 0 aliphatic heterocycles. The van der Waals surface area contributed by atoms with Crippen molar-refractivity contribution < 1.29 is 5.11 Å². The highest BCUT2D eigenvalue weighted by molar-refractivity contribution is 6.45. The summed E-state index contributed by atoms with van der Waals surface area (Å²) in [4.78, 5) is 0. The van der Waals surface area contributed by atoms with Gasteiger partial charge in [-0.3, -0.25) is 0 Å². The monoisotopic (exact) mass is 226 g/mol. The van der Waals surface area contributed by atoms with Gasteiger partial charge in [0, 0.05) is 5.39 Å². The van der Waals surface area contributed by atoms with Crippen LogP contribution in [0.2, 0.25) is 10.0 Å². The highest BCUT2D eigenvalue weighted by Crippen LogP contribution is 2.31. The van der Waals surface area contributed by atoms with Crippen LogP contribution in [0.1, 0.15) is 5.56 Å². The lowest BCUT2D eigenvalue weighted by Crippen LogP contribution is -1.83. The van der Waals surface area contributed by atoms with Crippen molar-refractivity contribution in [3.05, 3.63) is 45.9 Å². The van der Waals surface area contributed by atoms with Gasteiger partial charge in [0.2, 0.25) is 0 Å². The summed E-state index contributed by atoms with van der Waals surface area (Å²) in [5, 5.41) is 12.0. The van der Waals surface area contributed by atoms with Crippen LogP contribution in [0.4, 0.5) is 0 Å². The normalized spacial score (nSPS) is 10.8. The number of rotatable bonds is 1. The average molecular weight is 227 g/mol. The molecule has 14 heavy (non-hydrogen) atoms. The van der Waals surface area contributed by atoms with E-state index in [4.69, 9.17) is 28.3 Å². The molecule has 0 spiro atoms. The van der Waals surface area contributed by atoms with Gasteiger partial charge in [0.1, 0.15) is 0 Å². The van der Waals surface area contributed by atoms with E-state index in [1.165, 1.54) is 0 Å². The fourth-order valence-electron chi connectivity index (χ4n) is 1.41. The number of benzene rings is 2. The van der Waals surface area contributed by atoms with Crippen molar-refractivity contribution >= 4 is 34.0 Å². The summed E-state index contributed by atoms with van der Waals surface area (Å²) in [5.41, 5.74) is 0.871. The molecule has 1 N–H and O–H groups in total.